The Balaban J connectivity index is 3.25. The summed E-state index contributed by atoms with van der Waals surface area (Å²) in [5.74, 6) is 0.894. The molecule has 0 radical (unpaired) electrons. The molecule has 0 spiro atoms. The summed E-state index contributed by atoms with van der Waals surface area (Å²) in [5.41, 5.74) is 0. The van der Waals surface area contributed by atoms with E-state index in [1.165, 1.54) is 0 Å². The van der Waals surface area contributed by atoms with Crippen molar-refractivity contribution in [2.45, 2.75) is 0 Å². The summed E-state index contributed by atoms with van der Waals surface area (Å²) in [4.78, 5) is 4.15. The standard InChI is InChI=1S/C14H25NO4S2/c1-3-4-5-14(15-2)21-20-13-12-19-11-10-18-9-8-17-7-6-16/h3-5,16H,1,6-13H2,2H3/b5-4-,15-14?. The minimum absolute atomic E-state index is 0.0482. The van der Waals surface area contributed by atoms with E-state index >= 15 is 0 Å². The van der Waals surface area contributed by atoms with Gasteiger partial charge >= 0.3 is 0 Å². The number of aliphatic imine (C=N–C) groups is 1. The van der Waals surface area contributed by atoms with Gasteiger partial charge in [0.05, 0.1) is 46.2 Å². The first kappa shape index (κ1) is 20.7. The maximum atomic E-state index is 8.50. The summed E-state index contributed by atoms with van der Waals surface area (Å²) in [5, 5.41) is 9.46. The number of aliphatic hydroxyl groups is 1. The first-order chi connectivity index (χ1) is 10.3. The Morgan fingerprint density at radius 3 is 2.29 bits per heavy atom. The smallest absolute Gasteiger partial charge is 0.101 e. The van der Waals surface area contributed by atoms with Crippen LogP contribution in [0.25, 0.3) is 0 Å². The van der Waals surface area contributed by atoms with E-state index in [-0.39, 0.29) is 6.61 Å². The van der Waals surface area contributed by atoms with Crippen LogP contribution in [0.5, 0.6) is 0 Å². The second-order valence-corrected chi connectivity index (χ2v) is 6.06. The Hall–Kier alpha value is -0.310. The fourth-order valence-electron chi connectivity index (χ4n) is 1.09. The molecule has 0 aliphatic heterocycles. The van der Waals surface area contributed by atoms with E-state index in [0.717, 1.165) is 10.8 Å². The molecule has 122 valence electrons. The molecule has 1 N–H and O–H groups in total. The van der Waals surface area contributed by atoms with Crippen molar-refractivity contribution in [3.8, 4) is 0 Å². The monoisotopic (exact) mass is 335 g/mol. The molecule has 7 heteroatoms. The lowest BCUT2D eigenvalue weighted by Gasteiger charge is -2.06. The maximum Gasteiger partial charge on any atom is 0.101 e. The van der Waals surface area contributed by atoms with E-state index in [4.69, 9.17) is 19.3 Å². The molecule has 5 nitrogen and oxygen atoms in total. The number of hydrogen-bond donors (Lipinski definition) is 1. The zero-order chi connectivity index (χ0) is 15.6. The average Bonchev–Trinajstić information content (AvgIpc) is 2.51. The lowest BCUT2D eigenvalue weighted by molar-refractivity contribution is 0.0100. The average molecular weight is 335 g/mol. The summed E-state index contributed by atoms with van der Waals surface area (Å²) in [7, 11) is 5.10. The van der Waals surface area contributed by atoms with Crippen LogP contribution in [-0.4, -0.2) is 69.2 Å². The molecule has 0 atom stereocenters. The van der Waals surface area contributed by atoms with E-state index < -0.39 is 0 Å². The van der Waals surface area contributed by atoms with Crippen LogP contribution in [0.15, 0.2) is 29.8 Å². The fourth-order valence-corrected chi connectivity index (χ4v) is 2.90. The number of ether oxygens (including phenoxy) is 3. The van der Waals surface area contributed by atoms with Crippen molar-refractivity contribution in [1.82, 2.24) is 0 Å². The second-order valence-electron chi connectivity index (χ2n) is 3.62. The predicted molar refractivity (Wildman–Crippen MR) is 92.3 cm³/mol. The summed E-state index contributed by atoms with van der Waals surface area (Å²) in [6.07, 6.45) is 5.53. The van der Waals surface area contributed by atoms with Gasteiger partial charge in [0.1, 0.15) is 5.04 Å². The number of hydrogen-bond acceptors (Lipinski definition) is 7. The van der Waals surface area contributed by atoms with E-state index in [1.807, 2.05) is 12.2 Å². The molecule has 0 saturated carbocycles. The van der Waals surface area contributed by atoms with Crippen LogP contribution in [0.3, 0.4) is 0 Å². The summed E-state index contributed by atoms with van der Waals surface area (Å²) in [6, 6.07) is 0. The Morgan fingerprint density at radius 1 is 1.10 bits per heavy atom. The van der Waals surface area contributed by atoms with Gasteiger partial charge < -0.3 is 19.3 Å². The molecule has 0 aliphatic carbocycles. The zero-order valence-electron chi connectivity index (χ0n) is 12.5. The summed E-state index contributed by atoms with van der Waals surface area (Å²) in [6.45, 7) is 6.89. The lowest BCUT2D eigenvalue weighted by atomic mass is 10.5. The first-order valence-corrected chi connectivity index (χ1v) is 9.06. The van der Waals surface area contributed by atoms with Gasteiger partial charge in [0, 0.05) is 12.8 Å². The molecule has 0 aromatic rings. The van der Waals surface area contributed by atoms with Crippen molar-refractivity contribution in [2.75, 3.05) is 59.0 Å². The minimum atomic E-state index is 0.0482. The molecule has 0 bridgehead atoms. The van der Waals surface area contributed by atoms with Gasteiger partial charge in [0.2, 0.25) is 0 Å². The van der Waals surface area contributed by atoms with Gasteiger partial charge in [-0.3, -0.25) is 4.99 Å². The molecule has 0 rings (SSSR count). The highest BCUT2D eigenvalue weighted by atomic mass is 33.1. The quantitative estimate of drug-likeness (QED) is 0.173. The molecule has 0 aromatic heterocycles. The Labute approximate surface area is 135 Å². The van der Waals surface area contributed by atoms with Crippen LogP contribution >= 0.6 is 21.6 Å². The van der Waals surface area contributed by atoms with E-state index in [9.17, 15) is 0 Å². The van der Waals surface area contributed by atoms with Crippen molar-refractivity contribution < 1.29 is 19.3 Å². The van der Waals surface area contributed by atoms with E-state index in [0.29, 0.717) is 39.6 Å². The van der Waals surface area contributed by atoms with Gasteiger partial charge in [0.15, 0.2) is 0 Å². The molecule has 0 saturated heterocycles. The summed E-state index contributed by atoms with van der Waals surface area (Å²) >= 11 is 0. The Morgan fingerprint density at radius 2 is 1.71 bits per heavy atom. The van der Waals surface area contributed by atoms with Crippen LogP contribution in [0, 0.1) is 0 Å². The molecule has 0 fully saturated rings. The number of aliphatic hydroxyl groups excluding tert-OH is 1. The van der Waals surface area contributed by atoms with Gasteiger partial charge in [-0.2, -0.15) is 0 Å². The van der Waals surface area contributed by atoms with Gasteiger partial charge in [-0.1, -0.05) is 29.5 Å². The molecule has 0 aromatic carbocycles. The topological polar surface area (TPSA) is 60.3 Å². The molecule has 0 aliphatic rings. The minimum Gasteiger partial charge on any atom is -0.394 e. The molecule has 0 amide bonds. The van der Waals surface area contributed by atoms with E-state index in [2.05, 4.69) is 11.6 Å². The molecular formula is C14H25NO4S2. The fraction of sp³-hybridized carbons (Fsp3) is 0.643. The van der Waals surface area contributed by atoms with Crippen LogP contribution in [-0.2, 0) is 14.2 Å². The van der Waals surface area contributed by atoms with Crippen LogP contribution < -0.4 is 0 Å². The third-order valence-electron chi connectivity index (χ3n) is 2.03. The zero-order valence-corrected chi connectivity index (χ0v) is 14.2. The highest BCUT2D eigenvalue weighted by Gasteiger charge is 1.96. The van der Waals surface area contributed by atoms with Crippen molar-refractivity contribution in [3.63, 3.8) is 0 Å². The Bertz CT molecular complexity index is 299. The van der Waals surface area contributed by atoms with Gasteiger partial charge in [-0.15, -0.1) is 0 Å². The molecule has 21 heavy (non-hydrogen) atoms. The third-order valence-corrected chi connectivity index (χ3v) is 4.34. The first-order valence-electron chi connectivity index (χ1n) is 6.74. The van der Waals surface area contributed by atoms with Crippen LogP contribution in [0.4, 0.5) is 0 Å². The van der Waals surface area contributed by atoms with Gasteiger partial charge in [-0.05, 0) is 16.9 Å². The van der Waals surface area contributed by atoms with Crippen molar-refractivity contribution in [2.24, 2.45) is 4.99 Å². The molecule has 0 heterocycles. The maximum absolute atomic E-state index is 8.50. The number of rotatable bonds is 14. The Kier molecular flexibility index (Phi) is 17.5. The van der Waals surface area contributed by atoms with Gasteiger partial charge in [0.25, 0.3) is 0 Å². The predicted octanol–water partition coefficient (Wildman–Crippen LogP) is 2.18. The van der Waals surface area contributed by atoms with Crippen LogP contribution in [0.1, 0.15) is 0 Å². The van der Waals surface area contributed by atoms with Crippen molar-refractivity contribution >= 4 is 26.6 Å². The van der Waals surface area contributed by atoms with Crippen molar-refractivity contribution in [1.29, 1.82) is 0 Å². The molecule has 0 unspecified atom stereocenters. The van der Waals surface area contributed by atoms with E-state index in [1.54, 1.807) is 34.7 Å². The second kappa shape index (κ2) is 17.7. The largest absolute Gasteiger partial charge is 0.394 e. The summed E-state index contributed by atoms with van der Waals surface area (Å²) < 4.78 is 15.8. The van der Waals surface area contributed by atoms with Crippen molar-refractivity contribution in [3.05, 3.63) is 24.8 Å². The highest BCUT2D eigenvalue weighted by molar-refractivity contribution is 8.82. The molecular weight excluding hydrogens is 310 g/mol. The highest BCUT2D eigenvalue weighted by Crippen LogP contribution is 2.23. The lowest BCUT2D eigenvalue weighted by Crippen LogP contribution is -2.11. The number of nitrogens with zero attached hydrogens (tertiary/aromatic N) is 1. The van der Waals surface area contributed by atoms with Crippen LogP contribution in [0.2, 0.25) is 0 Å². The SMILES string of the molecule is C=C/C=C\C(=NC)SSCCOCCOCCOCCO. The number of allylic oxidation sites excluding steroid dienone is 2. The van der Waals surface area contributed by atoms with Gasteiger partial charge in [-0.25, -0.2) is 0 Å². The normalized spacial score (nSPS) is 12.2. The third kappa shape index (κ3) is 15.9.